The van der Waals surface area contributed by atoms with Gasteiger partial charge < -0.3 is 4.52 Å². The molecule has 8 heteroatoms. The molecule has 150 valence electrons. The van der Waals surface area contributed by atoms with Gasteiger partial charge in [-0.25, -0.2) is 13.1 Å². The largest absolute Gasteiger partial charge is 0.336 e. The van der Waals surface area contributed by atoms with Crippen molar-refractivity contribution in [2.24, 2.45) is 0 Å². The molecule has 0 saturated carbocycles. The molecule has 0 aliphatic carbocycles. The van der Waals surface area contributed by atoms with Crippen molar-refractivity contribution in [3.8, 4) is 0 Å². The highest BCUT2D eigenvalue weighted by molar-refractivity contribution is 9.10. The number of fused-ring (bicyclic) bond motifs is 1. The van der Waals surface area contributed by atoms with Crippen molar-refractivity contribution >= 4 is 53.3 Å². The maximum atomic E-state index is 13.3. The molecule has 0 atom stereocenters. The molecule has 0 unspecified atom stereocenters. The van der Waals surface area contributed by atoms with Gasteiger partial charge in [0.2, 0.25) is 0 Å². The van der Waals surface area contributed by atoms with E-state index in [1.165, 1.54) is 16.9 Å². The lowest BCUT2D eigenvalue weighted by atomic mass is 10.1. The van der Waals surface area contributed by atoms with E-state index in [1.54, 1.807) is 6.92 Å². The number of halogens is 1. The Morgan fingerprint density at radius 1 is 1.10 bits per heavy atom. The van der Waals surface area contributed by atoms with Crippen LogP contribution >= 0.6 is 27.3 Å². The van der Waals surface area contributed by atoms with Crippen LogP contribution in [0, 0.1) is 6.92 Å². The topological polar surface area (TPSA) is 72.2 Å². The van der Waals surface area contributed by atoms with E-state index in [0.29, 0.717) is 26.9 Å². The number of nitrogens with zero attached hydrogens (tertiary/aromatic N) is 1. The summed E-state index contributed by atoms with van der Waals surface area (Å²) in [6.45, 7) is 3.84. The summed E-state index contributed by atoms with van der Waals surface area (Å²) < 4.78 is 35.8. The van der Waals surface area contributed by atoms with Crippen molar-refractivity contribution in [2.45, 2.75) is 31.6 Å². The van der Waals surface area contributed by atoms with Gasteiger partial charge in [-0.15, -0.1) is 11.3 Å². The average Bonchev–Trinajstić information content (AvgIpc) is 3.23. The number of benzene rings is 2. The molecule has 2 aromatic carbocycles. The van der Waals surface area contributed by atoms with Crippen molar-refractivity contribution in [3.63, 3.8) is 0 Å². The summed E-state index contributed by atoms with van der Waals surface area (Å²) in [5.41, 5.74) is 2.90. The standard InChI is InChI=1S/C21H19BrN2O3S2/c1-3-14-8-10-15(11-9-14)12-18-20(16-6-4-5-7-17(16)28-18)29(25,26)24-21-19(22)13(2)23-27-21/h4-11,24H,3,12H2,1-2H3. The lowest BCUT2D eigenvalue weighted by Crippen LogP contribution is -2.14. The van der Waals surface area contributed by atoms with E-state index in [2.05, 4.69) is 57.0 Å². The third kappa shape index (κ3) is 3.97. The zero-order valence-electron chi connectivity index (χ0n) is 15.9. The van der Waals surface area contributed by atoms with Crippen LogP contribution in [0.4, 0.5) is 5.88 Å². The third-order valence-corrected chi connectivity index (χ3v) is 8.39. The molecule has 2 aromatic heterocycles. The molecular formula is C21H19BrN2O3S2. The maximum absolute atomic E-state index is 13.3. The lowest BCUT2D eigenvalue weighted by Gasteiger charge is -2.08. The van der Waals surface area contributed by atoms with Crippen LogP contribution < -0.4 is 4.72 Å². The predicted molar refractivity (Wildman–Crippen MR) is 120 cm³/mol. The van der Waals surface area contributed by atoms with Gasteiger partial charge in [-0.05, 0) is 46.5 Å². The minimum Gasteiger partial charge on any atom is -0.336 e. The third-order valence-electron chi connectivity index (χ3n) is 4.70. The summed E-state index contributed by atoms with van der Waals surface area (Å²) in [6, 6.07) is 15.8. The molecule has 5 nitrogen and oxygen atoms in total. The maximum Gasteiger partial charge on any atom is 0.266 e. The number of sulfonamides is 1. The van der Waals surface area contributed by atoms with E-state index in [4.69, 9.17) is 4.52 Å². The summed E-state index contributed by atoms with van der Waals surface area (Å²) in [5, 5.41) is 4.51. The van der Waals surface area contributed by atoms with E-state index in [1.807, 2.05) is 24.3 Å². The second kappa shape index (κ2) is 7.93. The zero-order valence-corrected chi connectivity index (χ0v) is 19.1. The molecule has 4 rings (SSSR count). The van der Waals surface area contributed by atoms with Gasteiger partial charge in [-0.2, -0.15) is 0 Å². The Balaban J connectivity index is 1.79. The SMILES string of the molecule is CCc1ccc(Cc2sc3ccccc3c2S(=O)(=O)Nc2onc(C)c2Br)cc1. The zero-order chi connectivity index (χ0) is 20.6. The fourth-order valence-electron chi connectivity index (χ4n) is 3.16. The number of hydrogen-bond acceptors (Lipinski definition) is 5. The van der Waals surface area contributed by atoms with E-state index in [0.717, 1.165) is 21.6 Å². The first-order chi connectivity index (χ1) is 13.9. The van der Waals surface area contributed by atoms with Crippen molar-refractivity contribution in [1.29, 1.82) is 0 Å². The molecule has 0 spiro atoms. The van der Waals surface area contributed by atoms with Crippen LogP contribution in [0.3, 0.4) is 0 Å². The minimum atomic E-state index is -3.87. The van der Waals surface area contributed by atoms with Crippen LogP contribution in [0.5, 0.6) is 0 Å². The predicted octanol–water partition coefficient (Wildman–Crippen LogP) is 5.91. The summed E-state index contributed by atoms with van der Waals surface area (Å²) in [5.74, 6) is 0.0797. The van der Waals surface area contributed by atoms with E-state index < -0.39 is 10.0 Å². The molecule has 0 fully saturated rings. The van der Waals surface area contributed by atoms with E-state index >= 15 is 0 Å². The smallest absolute Gasteiger partial charge is 0.266 e. The highest BCUT2D eigenvalue weighted by Gasteiger charge is 2.27. The molecular weight excluding hydrogens is 472 g/mol. The van der Waals surface area contributed by atoms with Crippen LogP contribution in [-0.4, -0.2) is 13.6 Å². The van der Waals surface area contributed by atoms with Gasteiger partial charge in [0.25, 0.3) is 15.9 Å². The first-order valence-corrected chi connectivity index (χ1v) is 12.2. The molecule has 0 bridgehead atoms. The summed E-state index contributed by atoms with van der Waals surface area (Å²) in [6.07, 6.45) is 1.51. The van der Waals surface area contributed by atoms with Crippen LogP contribution in [-0.2, 0) is 22.9 Å². The fraction of sp³-hybridized carbons (Fsp3) is 0.190. The van der Waals surface area contributed by atoms with Gasteiger partial charge in [-0.1, -0.05) is 54.5 Å². The van der Waals surface area contributed by atoms with Gasteiger partial charge in [0.05, 0.1) is 5.69 Å². The van der Waals surface area contributed by atoms with Crippen molar-refractivity contribution in [2.75, 3.05) is 4.72 Å². The number of anilines is 1. The molecule has 0 radical (unpaired) electrons. The Morgan fingerprint density at radius 2 is 1.79 bits per heavy atom. The van der Waals surface area contributed by atoms with Crippen LogP contribution in [0.1, 0.15) is 28.6 Å². The molecule has 0 aliphatic rings. The summed E-state index contributed by atoms with van der Waals surface area (Å²) in [7, 11) is -3.87. The van der Waals surface area contributed by atoms with Crippen LogP contribution in [0.25, 0.3) is 10.1 Å². The number of aromatic nitrogens is 1. The molecule has 4 aromatic rings. The molecule has 1 N–H and O–H groups in total. The molecule has 0 saturated heterocycles. The Morgan fingerprint density at radius 3 is 2.45 bits per heavy atom. The quantitative estimate of drug-likeness (QED) is 0.364. The average molecular weight is 491 g/mol. The Hall–Kier alpha value is -2.16. The Bertz CT molecular complexity index is 1280. The lowest BCUT2D eigenvalue weighted by molar-refractivity contribution is 0.430. The number of nitrogens with one attached hydrogen (secondary N) is 1. The van der Waals surface area contributed by atoms with Gasteiger partial charge in [-0.3, -0.25) is 0 Å². The Kier molecular flexibility index (Phi) is 5.50. The first kappa shape index (κ1) is 20.1. The molecule has 0 amide bonds. The van der Waals surface area contributed by atoms with Crippen molar-refractivity contribution < 1.29 is 12.9 Å². The number of aryl methyl sites for hydroxylation is 2. The highest BCUT2D eigenvalue weighted by atomic mass is 79.9. The minimum absolute atomic E-state index is 0.0797. The summed E-state index contributed by atoms with van der Waals surface area (Å²) in [4.78, 5) is 1.08. The number of hydrogen-bond donors (Lipinski definition) is 1. The van der Waals surface area contributed by atoms with Crippen LogP contribution in [0.2, 0.25) is 0 Å². The van der Waals surface area contributed by atoms with Crippen molar-refractivity contribution in [1.82, 2.24) is 5.16 Å². The normalized spacial score (nSPS) is 11.8. The monoisotopic (exact) mass is 490 g/mol. The van der Waals surface area contributed by atoms with Gasteiger partial charge in [0.15, 0.2) is 0 Å². The Labute approximate surface area is 181 Å². The van der Waals surface area contributed by atoms with Gasteiger partial charge in [0.1, 0.15) is 9.37 Å². The fourth-order valence-corrected chi connectivity index (χ4v) is 6.51. The van der Waals surface area contributed by atoms with E-state index in [9.17, 15) is 8.42 Å². The van der Waals surface area contributed by atoms with Gasteiger partial charge >= 0.3 is 0 Å². The highest BCUT2D eigenvalue weighted by Crippen LogP contribution is 2.38. The number of thiophene rings is 1. The molecule has 29 heavy (non-hydrogen) atoms. The summed E-state index contributed by atoms with van der Waals surface area (Å²) >= 11 is 4.82. The first-order valence-electron chi connectivity index (χ1n) is 9.12. The van der Waals surface area contributed by atoms with E-state index in [-0.39, 0.29) is 5.88 Å². The molecule has 2 heterocycles. The second-order valence-corrected chi connectivity index (χ2v) is 10.3. The second-order valence-electron chi connectivity index (χ2n) is 6.71. The van der Waals surface area contributed by atoms with Crippen molar-refractivity contribution in [3.05, 3.63) is 74.7 Å². The number of rotatable bonds is 6. The van der Waals surface area contributed by atoms with Gasteiger partial charge in [0, 0.05) is 21.4 Å². The molecule has 0 aliphatic heterocycles. The van der Waals surface area contributed by atoms with Crippen LogP contribution in [0.15, 0.2) is 62.4 Å².